The topological polar surface area (TPSA) is 50.9 Å². The second-order valence-electron chi connectivity index (χ2n) is 2.78. The van der Waals surface area contributed by atoms with E-state index in [0.29, 0.717) is 5.82 Å². The molecule has 0 aliphatic rings. The predicted octanol–water partition coefficient (Wildman–Crippen LogP) is 1.72. The predicted molar refractivity (Wildman–Crippen MR) is 57.1 cm³/mol. The number of hydrogen-bond donors (Lipinski definition) is 1. The molecule has 1 unspecified atom stereocenters. The molecule has 2 rings (SSSR count). The van der Waals surface area contributed by atoms with Gasteiger partial charge in [-0.05, 0) is 27.4 Å². The van der Waals surface area contributed by atoms with Crippen molar-refractivity contribution in [3.63, 3.8) is 0 Å². The fourth-order valence-electron chi connectivity index (χ4n) is 1.17. The Morgan fingerprint density at radius 3 is 2.93 bits per heavy atom. The zero-order valence-corrected chi connectivity index (χ0v) is 9.79. The quantitative estimate of drug-likeness (QED) is 0.907. The number of aryl methyl sites for hydroxylation is 1. The third-order valence-electron chi connectivity index (χ3n) is 1.88. The summed E-state index contributed by atoms with van der Waals surface area (Å²) in [5.41, 5.74) is 0. The van der Waals surface area contributed by atoms with E-state index < -0.39 is 6.10 Å². The van der Waals surface area contributed by atoms with Crippen LogP contribution in [0.4, 0.5) is 0 Å². The summed E-state index contributed by atoms with van der Waals surface area (Å²) >= 11 is 4.86. The number of aliphatic hydroxyl groups excluding tert-OH is 1. The third kappa shape index (κ3) is 1.60. The average molecular weight is 274 g/mol. The number of hydrogen-bond acceptors (Lipinski definition) is 4. The molecule has 2 heterocycles. The van der Waals surface area contributed by atoms with Crippen LogP contribution < -0.4 is 0 Å². The summed E-state index contributed by atoms with van der Waals surface area (Å²) in [7, 11) is 1.76. The van der Waals surface area contributed by atoms with Gasteiger partial charge >= 0.3 is 0 Å². The molecule has 0 saturated carbocycles. The molecule has 2 aromatic heterocycles. The van der Waals surface area contributed by atoms with E-state index in [0.717, 1.165) is 9.35 Å². The minimum atomic E-state index is -0.711. The zero-order valence-electron chi connectivity index (χ0n) is 7.38. The molecule has 6 heteroatoms. The maximum absolute atomic E-state index is 9.99. The molecular formula is C8H8BrN3OS. The lowest BCUT2D eigenvalue weighted by Gasteiger charge is -2.07. The first-order chi connectivity index (χ1) is 6.70. The molecular weight excluding hydrogens is 266 g/mol. The Balaban J connectivity index is 2.38. The molecule has 14 heavy (non-hydrogen) atoms. The van der Waals surface area contributed by atoms with E-state index in [9.17, 15) is 5.11 Å². The number of thiophene rings is 1. The van der Waals surface area contributed by atoms with E-state index >= 15 is 0 Å². The van der Waals surface area contributed by atoms with Crippen molar-refractivity contribution in [2.45, 2.75) is 6.10 Å². The molecule has 0 aliphatic heterocycles. The van der Waals surface area contributed by atoms with Crippen LogP contribution in [0.5, 0.6) is 0 Å². The molecule has 74 valence electrons. The van der Waals surface area contributed by atoms with Gasteiger partial charge in [0.2, 0.25) is 0 Å². The molecule has 1 N–H and O–H groups in total. The van der Waals surface area contributed by atoms with Gasteiger partial charge in [-0.3, -0.25) is 4.68 Å². The van der Waals surface area contributed by atoms with Crippen molar-refractivity contribution >= 4 is 27.3 Å². The first kappa shape index (κ1) is 9.82. The van der Waals surface area contributed by atoms with Crippen LogP contribution in [-0.4, -0.2) is 19.9 Å². The van der Waals surface area contributed by atoms with Crippen molar-refractivity contribution in [3.05, 3.63) is 32.9 Å². The molecule has 2 aromatic rings. The Morgan fingerprint density at radius 1 is 1.64 bits per heavy atom. The molecule has 0 fully saturated rings. The molecule has 4 nitrogen and oxygen atoms in total. The first-order valence-corrected chi connectivity index (χ1v) is 5.62. The standard InChI is InChI=1S/C8H8BrN3OS/c1-12-8(10-4-11-12)6(13)7-5(9)2-3-14-7/h2-4,6,13H,1H3. The smallest absolute Gasteiger partial charge is 0.160 e. The average Bonchev–Trinajstić information content (AvgIpc) is 2.73. The van der Waals surface area contributed by atoms with Gasteiger partial charge in [-0.25, -0.2) is 4.98 Å². The van der Waals surface area contributed by atoms with Crippen LogP contribution in [0.3, 0.4) is 0 Å². The van der Waals surface area contributed by atoms with E-state index in [1.807, 2.05) is 11.4 Å². The Labute approximate surface area is 93.3 Å². The Hall–Kier alpha value is -0.720. The fourth-order valence-corrected chi connectivity index (χ4v) is 2.74. The highest BCUT2D eigenvalue weighted by Gasteiger charge is 2.19. The molecule has 0 aromatic carbocycles. The van der Waals surface area contributed by atoms with Gasteiger partial charge in [0.05, 0.1) is 4.88 Å². The normalized spacial score (nSPS) is 13.1. The maximum atomic E-state index is 9.99. The van der Waals surface area contributed by atoms with Crippen LogP contribution in [0, 0.1) is 0 Å². The summed E-state index contributed by atoms with van der Waals surface area (Å²) < 4.78 is 2.47. The molecule has 1 atom stereocenters. The zero-order chi connectivity index (χ0) is 10.1. The van der Waals surface area contributed by atoms with Gasteiger partial charge in [0.15, 0.2) is 5.82 Å². The van der Waals surface area contributed by atoms with Gasteiger partial charge < -0.3 is 5.11 Å². The van der Waals surface area contributed by atoms with Crippen LogP contribution in [0.1, 0.15) is 16.8 Å². The number of aromatic nitrogens is 3. The molecule has 0 amide bonds. The van der Waals surface area contributed by atoms with Crippen LogP contribution in [0.25, 0.3) is 0 Å². The summed E-state index contributed by atoms with van der Waals surface area (Å²) in [6.07, 6.45) is 0.719. The van der Waals surface area contributed by atoms with Crippen molar-refractivity contribution in [1.82, 2.24) is 14.8 Å². The van der Waals surface area contributed by atoms with E-state index in [1.54, 1.807) is 11.7 Å². The van der Waals surface area contributed by atoms with Crippen molar-refractivity contribution in [2.75, 3.05) is 0 Å². The summed E-state index contributed by atoms with van der Waals surface area (Å²) in [6, 6.07) is 1.90. The summed E-state index contributed by atoms with van der Waals surface area (Å²) in [6.45, 7) is 0. The molecule has 0 spiro atoms. The number of rotatable bonds is 2. The highest BCUT2D eigenvalue weighted by atomic mass is 79.9. The van der Waals surface area contributed by atoms with Crippen molar-refractivity contribution in [3.8, 4) is 0 Å². The van der Waals surface area contributed by atoms with Gasteiger partial charge in [0.25, 0.3) is 0 Å². The van der Waals surface area contributed by atoms with Crippen LogP contribution in [-0.2, 0) is 7.05 Å². The van der Waals surface area contributed by atoms with Gasteiger partial charge in [0.1, 0.15) is 12.4 Å². The van der Waals surface area contributed by atoms with Crippen LogP contribution in [0.15, 0.2) is 22.2 Å². The second kappa shape index (κ2) is 3.80. The minimum absolute atomic E-state index is 0.549. The van der Waals surface area contributed by atoms with E-state index in [1.165, 1.54) is 17.7 Å². The van der Waals surface area contributed by atoms with E-state index in [-0.39, 0.29) is 0 Å². The van der Waals surface area contributed by atoms with Crippen molar-refractivity contribution < 1.29 is 5.11 Å². The summed E-state index contributed by atoms with van der Waals surface area (Å²) in [4.78, 5) is 4.85. The number of aliphatic hydroxyl groups is 1. The van der Waals surface area contributed by atoms with Gasteiger partial charge in [-0.2, -0.15) is 5.10 Å². The van der Waals surface area contributed by atoms with E-state index in [2.05, 4.69) is 26.0 Å². The third-order valence-corrected chi connectivity index (χ3v) is 3.81. The van der Waals surface area contributed by atoms with Gasteiger partial charge in [0, 0.05) is 11.5 Å². The molecule has 0 saturated heterocycles. The SMILES string of the molecule is Cn1ncnc1C(O)c1sccc1Br. The maximum Gasteiger partial charge on any atom is 0.160 e. The Bertz CT molecular complexity index is 399. The molecule has 0 radical (unpaired) electrons. The minimum Gasteiger partial charge on any atom is -0.379 e. The number of nitrogens with zero attached hydrogens (tertiary/aromatic N) is 3. The Morgan fingerprint density at radius 2 is 2.43 bits per heavy atom. The highest BCUT2D eigenvalue weighted by molar-refractivity contribution is 9.10. The van der Waals surface area contributed by atoms with Gasteiger partial charge in [-0.1, -0.05) is 0 Å². The lowest BCUT2D eigenvalue weighted by molar-refractivity contribution is 0.207. The molecule has 0 aliphatic carbocycles. The fraction of sp³-hybridized carbons (Fsp3) is 0.250. The lowest BCUT2D eigenvalue weighted by atomic mass is 10.3. The summed E-state index contributed by atoms with van der Waals surface area (Å²) in [5.74, 6) is 0.549. The van der Waals surface area contributed by atoms with Crippen molar-refractivity contribution in [1.29, 1.82) is 0 Å². The van der Waals surface area contributed by atoms with Crippen molar-refractivity contribution in [2.24, 2.45) is 7.05 Å². The monoisotopic (exact) mass is 273 g/mol. The van der Waals surface area contributed by atoms with Gasteiger partial charge in [-0.15, -0.1) is 11.3 Å². The summed E-state index contributed by atoms with van der Waals surface area (Å²) in [5, 5.41) is 15.8. The Kier molecular flexibility index (Phi) is 2.66. The lowest BCUT2D eigenvalue weighted by Crippen LogP contribution is -2.07. The first-order valence-electron chi connectivity index (χ1n) is 3.95. The van der Waals surface area contributed by atoms with Crippen LogP contribution >= 0.6 is 27.3 Å². The molecule has 0 bridgehead atoms. The second-order valence-corrected chi connectivity index (χ2v) is 4.58. The highest BCUT2D eigenvalue weighted by Crippen LogP contribution is 2.31. The van der Waals surface area contributed by atoms with Crippen LogP contribution in [0.2, 0.25) is 0 Å². The van der Waals surface area contributed by atoms with E-state index in [4.69, 9.17) is 0 Å². The largest absolute Gasteiger partial charge is 0.379 e. The number of halogens is 1.